The second-order valence-electron chi connectivity index (χ2n) is 5.17. The maximum atomic E-state index is 11.4. The van der Waals surface area contributed by atoms with Crippen LogP contribution in [-0.2, 0) is 23.9 Å². The molecular weight excluding hydrogens is 272 g/mol. The smallest absolute Gasteiger partial charge is 0.306 e. The molecule has 0 saturated heterocycles. The maximum absolute atomic E-state index is 11.4. The van der Waals surface area contributed by atoms with Crippen LogP contribution in [0.15, 0.2) is 0 Å². The van der Waals surface area contributed by atoms with E-state index in [0.29, 0.717) is 19.4 Å². The van der Waals surface area contributed by atoms with Crippen LogP contribution in [0.25, 0.3) is 0 Å². The van der Waals surface area contributed by atoms with E-state index in [4.69, 9.17) is 9.47 Å². The van der Waals surface area contributed by atoms with E-state index in [-0.39, 0.29) is 17.7 Å². The summed E-state index contributed by atoms with van der Waals surface area (Å²) in [7, 11) is 0. The van der Waals surface area contributed by atoms with Crippen molar-refractivity contribution >= 4 is 17.7 Å². The number of hydrogen-bond acceptors (Lipinski definition) is 5. The van der Waals surface area contributed by atoms with Crippen molar-refractivity contribution in [3.63, 3.8) is 0 Å². The van der Waals surface area contributed by atoms with Crippen LogP contribution in [0.1, 0.15) is 72.1 Å². The molecule has 0 bridgehead atoms. The van der Waals surface area contributed by atoms with E-state index >= 15 is 0 Å². The van der Waals surface area contributed by atoms with Crippen molar-refractivity contribution in [2.24, 2.45) is 0 Å². The van der Waals surface area contributed by atoms with E-state index in [1.54, 1.807) is 13.8 Å². The van der Waals surface area contributed by atoms with Gasteiger partial charge in [0.25, 0.3) is 0 Å². The molecule has 0 radical (unpaired) electrons. The summed E-state index contributed by atoms with van der Waals surface area (Å²) in [5.74, 6) is -0.565. The Balaban J connectivity index is 3.38. The SMILES string of the molecule is CCOC(=O)CCCCCCCCC(=O)OC(C)C(C)=O. The lowest BCUT2D eigenvalue weighted by Gasteiger charge is -2.09. The van der Waals surface area contributed by atoms with E-state index in [2.05, 4.69) is 0 Å². The predicted molar refractivity (Wildman–Crippen MR) is 79.8 cm³/mol. The summed E-state index contributed by atoms with van der Waals surface area (Å²) in [6.07, 6.45) is 5.91. The molecule has 122 valence electrons. The van der Waals surface area contributed by atoms with Gasteiger partial charge in [0.05, 0.1) is 6.61 Å². The van der Waals surface area contributed by atoms with Gasteiger partial charge >= 0.3 is 11.9 Å². The molecule has 0 rings (SSSR count). The van der Waals surface area contributed by atoms with Crippen LogP contribution in [0.4, 0.5) is 0 Å². The topological polar surface area (TPSA) is 69.7 Å². The van der Waals surface area contributed by atoms with Gasteiger partial charge in [-0.05, 0) is 33.6 Å². The molecule has 0 aromatic carbocycles. The first-order valence-corrected chi connectivity index (χ1v) is 7.83. The molecule has 21 heavy (non-hydrogen) atoms. The predicted octanol–water partition coefficient (Wildman–Crippen LogP) is 3.19. The van der Waals surface area contributed by atoms with Crippen molar-refractivity contribution in [1.82, 2.24) is 0 Å². The highest BCUT2D eigenvalue weighted by molar-refractivity contribution is 5.83. The average Bonchev–Trinajstić information content (AvgIpc) is 2.41. The molecule has 0 N–H and O–H groups in total. The summed E-state index contributed by atoms with van der Waals surface area (Å²) in [4.78, 5) is 33.4. The number of hydrogen-bond donors (Lipinski definition) is 0. The fraction of sp³-hybridized carbons (Fsp3) is 0.812. The molecule has 1 unspecified atom stereocenters. The summed E-state index contributed by atoms with van der Waals surface area (Å²) in [6.45, 7) is 5.25. The molecular formula is C16H28O5. The third-order valence-electron chi connectivity index (χ3n) is 3.20. The van der Waals surface area contributed by atoms with Crippen molar-refractivity contribution in [3.05, 3.63) is 0 Å². The Kier molecular flexibility index (Phi) is 11.5. The highest BCUT2D eigenvalue weighted by Crippen LogP contribution is 2.10. The molecule has 0 fully saturated rings. The van der Waals surface area contributed by atoms with E-state index in [9.17, 15) is 14.4 Å². The normalized spacial score (nSPS) is 11.8. The number of esters is 2. The van der Waals surface area contributed by atoms with Gasteiger partial charge in [-0.25, -0.2) is 0 Å². The van der Waals surface area contributed by atoms with Gasteiger partial charge in [-0.1, -0.05) is 25.7 Å². The molecule has 0 aromatic heterocycles. The fourth-order valence-corrected chi connectivity index (χ4v) is 1.82. The van der Waals surface area contributed by atoms with Gasteiger partial charge in [-0.3, -0.25) is 14.4 Å². The monoisotopic (exact) mass is 300 g/mol. The summed E-state index contributed by atoms with van der Waals surface area (Å²) in [6, 6.07) is 0. The van der Waals surface area contributed by atoms with Crippen LogP contribution < -0.4 is 0 Å². The highest BCUT2D eigenvalue weighted by Gasteiger charge is 2.12. The minimum Gasteiger partial charge on any atom is -0.466 e. The Morgan fingerprint density at radius 2 is 1.33 bits per heavy atom. The van der Waals surface area contributed by atoms with Crippen molar-refractivity contribution in [2.45, 2.75) is 78.2 Å². The largest absolute Gasteiger partial charge is 0.466 e. The molecule has 0 heterocycles. The maximum Gasteiger partial charge on any atom is 0.306 e. The molecule has 1 atom stereocenters. The Morgan fingerprint density at radius 1 is 0.857 bits per heavy atom. The minimum absolute atomic E-state index is 0.125. The van der Waals surface area contributed by atoms with E-state index < -0.39 is 6.10 Å². The number of carbonyl (C=O) groups is 3. The van der Waals surface area contributed by atoms with Crippen LogP contribution >= 0.6 is 0 Å². The van der Waals surface area contributed by atoms with Gasteiger partial charge in [0.2, 0.25) is 0 Å². The third-order valence-corrected chi connectivity index (χ3v) is 3.20. The number of rotatable bonds is 12. The molecule has 5 heteroatoms. The first-order chi connectivity index (χ1) is 9.97. The second-order valence-corrected chi connectivity index (χ2v) is 5.17. The van der Waals surface area contributed by atoms with Gasteiger partial charge in [-0.15, -0.1) is 0 Å². The lowest BCUT2D eigenvalue weighted by Crippen LogP contribution is -2.21. The van der Waals surface area contributed by atoms with E-state index in [1.807, 2.05) is 0 Å². The summed E-state index contributed by atoms with van der Waals surface area (Å²) in [5, 5.41) is 0. The average molecular weight is 300 g/mol. The summed E-state index contributed by atoms with van der Waals surface area (Å²) >= 11 is 0. The van der Waals surface area contributed by atoms with Crippen LogP contribution in [-0.4, -0.2) is 30.4 Å². The minimum atomic E-state index is -0.639. The first-order valence-electron chi connectivity index (χ1n) is 7.83. The van der Waals surface area contributed by atoms with Gasteiger partial charge < -0.3 is 9.47 Å². The lowest BCUT2D eigenvalue weighted by molar-refractivity contribution is -0.153. The second kappa shape index (κ2) is 12.4. The summed E-state index contributed by atoms with van der Waals surface area (Å²) < 4.78 is 9.81. The van der Waals surface area contributed by atoms with E-state index in [0.717, 1.165) is 38.5 Å². The van der Waals surface area contributed by atoms with Gasteiger partial charge in [0.1, 0.15) is 0 Å². The molecule has 0 amide bonds. The molecule has 0 aliphatic carbocycles. The lowest BCUT2D eigenvalue weighted by atomic mass is 10.1. The molecule has 5 nitrogen and oxygen atoms in total. The Hall–Kier alpha value is -1.39. The number of ketones is 1. The Bertz CT molecular complexity index is 325. The van der Waals surface area contributed by atoms with Crippen LogP contribution in [0.3, 0.4) is 0 Å². The van der Waals surface area contributed by atoms with Crippen molar-refractivity contribution in [1.29, 1.82) is 0 Å². The Labute approximate surface area is 127 Å². The van der Waals surface area contributed by atoms with Crippen LogP contribution in [0.2, 0.25) is 0 Å². The molecule has 0 aromatic rings. The highest BCUT2D eigenvalue weighted by atomic mass is 16.5. The molecule has 0 spiro atoms. The van der Waals surface area contributed by atoms with Crippen molar-refractivity contribution in [2.75, 3.05) is 6.61 Å². The molecule has 0 saturated carbocycles. The summed E-state index contributed by atoms with van der Waals surface area (Å²) in [5.41, 5.74) is 0. The zero-order valence-electron chi connectivity index (χ0n) is 13.5. The molecule has 0 aliphatic rings. The number of unbranched alkanes of at least 4 members (excludes halogenated alkanes) is 5. The first kappa shape index (κ1) is 19.6. The van der Waals surface area contributed by atoms with Gasteiger partial charge in [0, 0.05) is 12.8 Å². The quantitative estimate of drug-likeness (QED) is 0.409. The zero-order chi connectivity index (χ0) is 16.1. The third kappa shape index (κ3) is 12.1. The Morgan fingerprint density at radius 3 is 1.81 bits per heavy atom. The fourth-order valence-electron chi connectivity index (χ4n) is 1.82. The van der Waals surface area contributed by atoms with Crippen molar-refractivity contribution in [3.8, 4) is 0 Å². The van der Waals surface area contributed by atoms with Gasteiger partial charge in [0.15, 0.2) is 11.9 Å². The van der Waals surface area contributed by atoms with Crippen LogP contribution in [0.5, 0.6) is 0 Å². The van der Waals surface area contributed by atoms with E-state index in [1.165, 1.54) is 6.92 Å². The van der Waals surface area contributed by atoms with Crippen LogP contribution in [0, 0.1) is 0 Å². The van der Waals surface area contributed by atoms with Gasteiger partial charge in [-0.2, -0.15) is 0 Å². The zero-order valence-corrected chi connectivity index (χ0v) is 13.5. The number of carbonyl (C=O) groups excluding carboxylic acids is 3. The molecule has 0 aliphatic heterocycles. The standard InChI is InChI=1S/C16H28O5/c1-4-20-15(18)11-9-7-5-6-8-10-12-16(19)21-14(3)13(2)17/h14H,4-12H2,1-3H3. The number of ether oxygens (including phenoxy) is 2. The number of Topliss-reactive ketones (excluding diaryl/α,β-unsaturated/α-hetero) is 1. The van der Waals surface area contributed by atoms with Crippen molar-refractivity contribution < 1.29 is 23.9 Å².